The molecule has 112 valence electrons. The van der Waals surface area contributed by atoms with Gasteiger partial charge in [0.2, 0.25) is 5.91 Å². The van der Waals surface area contributed by atoms with Crippen molar-refractivity contribution in [1.82, 2.24) is 15.3 Å². The highest BCUT2D eigenvalue weighted by molar-refractivity contribution is 5.77. The van der Waals surface area contributed by atoms with Crippen molar-refractivity contribution in [2.24, 2.45) is 0 Å². The van der Waals surface area contributed by atoms with Gasteiger partial charge < -0.3 is 15.0 Å². The van der Waals surface area contributed by atoms with E-state index in [-0.39, 0.29) is 11.5 Å². The van der Waals surface area contributed by atoms with Crippen molar-refractivity contribution in [3.63, 3.8) is 0 Å². The molecule has 0 spiro atoms. The van der Waals surface area contributed by atoms with Gasteiger partial charge in [0.25, 0.3) is 5.56 Å². The van der Waals surface area contributed by atoms with Gasteiger partial charge in [0.15, 0.2) is 0 Å². The average molecular weight is 289 g/mol. The fourth-order valence-electron chi connectivity index (χ4n) is 2.05. The molecule has 0 aliphatic carbocycles. The maximum Gasteiger partial charge on any atom is 0.258 e. The Balaban J connectivity index is 1.89. The van der Waals surface area contributed by atoms with Crippen molar-refractivity contribution in [2.45, 2.75) is 19.3 Å². The third-order valence-electron chi connectivity index (χ3n) is 3.11. The summed E-state index contributed by atoms with van der Waals surface area (Å²) in [5.74, 6) is 0.596. The number of nitrogens with one attached hydrogen (secondary N) is 2. The molecule has 21 heavy (non-hydrogen) atoms. The summed E-state index contributed by atoms with van der Waals surface area (Å²) in [4.78, 5) is 30.6. The molecule has 0 unspecified atom stereocenters. The van der Waals surface area contributed by atoms with Gasteiger partial charge in [0, 0.05) is 26.5 Å². The number of amides is 1. The van der Waals surface area contributed by atoms with E-state index in [0.717, 1.165) is 0 Å². The first kappa shape index (κ1) is 15.2. The van der Waals surface area contributed by atoms with Gasteiger partial charge in [-0.15, -0.1) is 0 Å². The summed E-state index contributed by atoms with van der Waals surface area (Å²) in [6.45, 7) is 1.02. The lowest BCUT2D eigenvalue weighted by Crippen LogP contribution is -2.26. The first-order chi connectivity index (χ1) is 10.2. The molecule has 1 aromatic carbocycles. The Morgan fingerprint density at radius 1 is 1.38 bits per heavy atom. The molecular weight excluding hydrogens is 270 g/mol. The minimum absolute atomic E-state index is 0.0183. The smallest absolute Gasteiger partial charge is 0.258 e. The number of aryl methyl sites for hydroxylation is 1. The highest BCUT2D eigenvalue weighted by Crippen LogP contribution is 2.07. The van der Waals surface area contributed by atoms with Gasteiger partial charge in [-0.25, -0.2) is 4.98 Å². The number of rotatable bonds is 7. The monoisotopic (exact) mass is 289 g/mol. The molecule has 2 aromatic rings. The minimum Gasteiger partial charge on any atom is -0.383 e. The number of hydrogen-bond donors (Lipinski definition) is 2. The molecule has 0 atom stereocenters. The molecule has 0 aliphatic heterocycles. The predicted molar refractivity (Wildman–Crippen MR) is 80.2 cm³/mol. The van der Waals surface area contributed by atoms with Gasteiger partial charge in [-0.2, -0.15) is 0 Å². The molecule has 6 heteroatoms. The molecular formula is C15H19N3O3. The number of benzene rings is 1. The summed E-state index contributed by atoms with van der Waals surface area (Å²) in [7, 11) is 1.59. The molecule has 2 N–H and O–H groups in total. The van der Waals surface area contributed by atoms with E-state index < -0.39 is 0 Å². The van der Waals surface area contributed by atoms with Crippen molar-refractivity contribution in [1.29, 1.82) is 0 Å². The average Bonchev–Trinajstić information content (AvgIpc) is 2.48. The van der Waals surface area contributed by atoms with E-state index in [1.165, 1.54) is 0 Å². The maximum absolute atomic E-state index is 11.9. The molecule has 0 radical (unpaired) electrons. The Bertz CT molecular complexity index is 667. The third kappa shape index (κ3) is 4.39. The van der Waals surface area contributed by atoms with E-state index in [1.54, 1.807) is 13.2 Å². The number of fused-ring (bicyclic) bond motifs is 1. The van der Waals surface area contributed by atoms with E-state index in [2.05, 4.69) is 15.3 Å². The normalized spacial score (nSPS) is 10.7. The number of carbonyl (C=O) groups excluding carboxylic acids is 1. The third-order valence-corrected chi connectivity index (χ3v) is 3.11. The molecule has 0 saturated carbocycles. The number of aromatic nitrogens is 2. The van der Waals surface area contributed by atoms with E-state index in [4.69, 9.17) is 4.74 Å². The zero-order valence-electron chi connectivity index (χ0n) is 12.0. The van der Waals surface area contributed by atoms with Crippen LogP contribution in [0.1, 0.15) is 18.7 Å². The zero-order valence-corrected chi connectivity index (χ0v) is 12.0. The van der Waals surface area contributed by atoms with Crippen molar-refractivity contribution < 1.29 is 9.53 Å². The highest BCUT2D eigenvalue weighted by Gasteiger charge is 2.05. The number of aromatic amines is 1. The molecule has 1 aromatic heterocycles. The number of methoxy groups -OCH3 is 1. The number of H-pyrrole nitrogens is 1. The standard InChI is InChI=1S/C15H19N3O3/c1-21-10-9-16-14(19)8-4-7-13-17-12-6-3-2-5-11(12)15(20)18-13/h2-3,5-6H,4,7-10H2,1H3,(H,16,19)(H,17,18,20). The lowest BCUT2D eigenvalue weighted by molar-refractivity contribution is -0.121. The summed E-state index contributed by atoms with van der Waals surface area (Å²) in [6.07, 6.45) is 1.61. The molecule has 0 bridgehead atoms. The van der Waals surface area contributed by atoms with Crippen LogP contribution in [0.5, 0.6) is 0 Å². The summed E-state index contributed by atoms with van der Waals surface area (Å²) in [5.41, 5.74) is 0.543. The lowest BCUT2D eigenvalue weighted by Gasteiger charge is -2.05. The molecule has 0 saturated heterocycles. The maximum atomic E-state index is 11.9. The lowest BCUT2D eigenvalue weighted by atomic mass is 10.2. The van der Waals surface area contributed by atoms with Gasteiger partial charge in [0.1, 0.15) is 5.82 Å². The molecule has 0 fully saturated rings. The van der Waals surface area contributed by atoms with Crippen LogP contribution in [0.3, 0.4) is 0 Å². The molecule has 1 heterocycles. The zero-order chi connectivity index (χ0) is 15.1. The summed E-state index contributed by atoms with van der Waals surface area (Å²) >= 11 is 0. The van der Waals surface area contributed by atoms with Gasteiger partial charge in [-0.05, 0) is 18.6 Å². The highest BCUT2D eigenvalue weighted by atomic mass is 16.5. The Kier molecular flexibility index (Phi) is 5.45. The van der Waals surface area contributed by atoms with Crippen LogP contribution in [0, 0.1) is 0 Å². The Hall–Kier alpha value is -2.21. The Morgan fingerprint density at radius 2 is 2.19 bits per heavy atom. The second kappa shape index (κ2) is 7.54. The number of nitrogens with zero attached hydrogens (tertiary/aromatic N) is 1. The quantitative estimate of drug-likeness (QED) is 0.745. The molecule has 1 amide bonds. The van der Waals surface area contributed by atoms with E-state index >= 15 is 0 Å². The van der Waals surface area contributed by atoms with Crippen molar-refractivity contribution in [3.8, 4) is 0 Å². The van der Waals surface area contributed by atoms with Gasteiger partial charge in [-0.1, -0.05) is 12.1 Å². The number of hydrogen-bond acceptors (Lipinski definition) is 4. The van der Waals surface area contributed by atoms with Crippen LogP contribution in [0.15, 0.2) is 29.1 Å². The predicted octanol–water partition coefficient (Wildman–Crippen LogP) is 1.01. The van der Waals surface area contributed by atoms with Crippen molar-refractivity contribution in [2.75, 3.05) is 20.3 Å². The van der Waals surface area contributed by atoms with Crippen LogP contribution in [-0.4, -0.2) is 36.1 Å². The summed E-state index contributed by atoms with van der Waals surface area (Å²) < 4.78 is 4.86. The fourth-order valence-corrected chi connectivity index (χ4v) is 2.05. The van der Waals surface area contributed by atoms with Crippen LogP contribution < -0.4 is 10.9 Å². The van der Waals surface area contributed by atoms with Crippen molar-refractivity contribution in [3.05, 3.63) is 40.4 Å². The topological polar surface area (TPSA) is 84.1 Å². The second-order valence-electron chi connectivity index (χ2n) is 4.73. The fraction of sp³-hybridized carbons (Fsp3) is 0.400. The Morgan fingerprint density at radius 3 is 3.00 bits per heavy atom. The molecule has 0 aliphatic rings. The van der Waals surface area contributed by atoms with Crippen molar-refractivity contribution >= 4 is 16.8 Å². The van der Waals surface area contributed by atoms with Crippen LogP contribution in [0.25, 0.3) is 10.9 Å². The number of carbonyl (C=O) groups is 1. The first-order valence-electron chi connectivity index (χ1n) is 6.94. The van der Waals surface area contributed by atoms with Crippen LogP contribution in [0.2, 0.25) is 0 Å². The van der Waals surface area contributed by atoms with Crippen LogP contribution in [-0.2, 0) is 16.0 Å². The first-order valence-corrected chi connectivity index (χ1v) is 6.94. The van der Waals surface area contributed by atoms with Crippen LogP contribution in [0.4, 0.5) is 0 Å². The second-order valence-corrected chi connectivity index (χ2v) is 4.73. The summed E-state index contributed by atoms with van der Waals surface area (Å²) in [5, 5.41) is 3.34. The SMILES string of the molecule is COCCNC(=O)CCCc1nc2ccccc2c(=O)[nH]1. The minimum atomic E-state index is -0.139. The Labute approximate surface area is 122 Å². The van der Waals surface area contributed by atoms with E-state index in [0.29, 0.717) is 49.1 Å². The number of para-hydroxylation sites is 1. The molecule has 2 rings (SSSR count). The summed E-state index contributed by atoms with van der Waals surface area (Å²) in [6, 6.07) is 7.21. The van der Waals surface area contributed by atoms with E-state index in [9.17, 15) is 9.59 Å². The van der Waals surface area contributed by atoms with E-state index in [1.807, 2.05) is 18.2 Å². The van der Waals surface area contributed by atoms with Gasteiger partial charge >= 0.3 is 0 Å². The van der Waals surface area contributed by atoms with Crippen LogP contribution >= 0.6 is 0 Å². The van der Waals surface area contributed by atoms with Gasteiger partial charge in [-0.3, -0.25) is 9.59 Å². The molecule has 6 nitrogen and oxygen atoms in total. The number of ether oxygens (including phenoxy) is 1. The van der Waals surface area contributed by atoms with Gasteiger partial charge in [0.05, 0.1) is 17.5 Å². The largest absolute Gasteiger partial charge is 0.383 e.